The minimum absolute atomic E-state index is 0. The van der Waals surface area contributed by atoms with Crippen LogP contribution in [0.3, 0.4) is 0 Å². The Hall–Kier alpha value is -6.60. The Morgan fingerprint density at radius 3 is 1.32 bits per heavy atom. The summed E-state index contributed by atoms with van der Waals surface area (Å²) >= 11 is 0. The van der Waals surface area contributed by atoms with Crippen LogP contribution >= 0.6 is 12.4 Å². The zero-order chi connectivity index (χ0) is 43.3. The first-order valence-corrected chi connectivity index (χ1v) is 18.8. The van der Waals surface area contributed by atoms with Crippen LogP contribution in [-0.2, 0) is 39.8 Å². The average molecular weight is 883 g/mol. The second kappa shape index (κ2) is 19.0. The largest absolute Gasteiger partial charge is 0.470 e. The molecule has 2 aliphatic rings. The quantitative estimate of drug-likeness (QED) is 0.136. The molecule has 2 fully saturated rings. The van der Waals surface area contributed by atoms with E-state index >= 15 is 0 Å². The number of rotatable bonds is 10. The molecular formula is C42H37ClF6N8O5. The van der Waals surface area contributed by atoms with E-state index in [1.165, 1.54) is 6.92 Å². The van der Waals surface area contributed by atoms with E-state index in [9.17, 15) is 40.7 Å². The fourth-order valence-corrected chi connectivity index (χ4v) is 6.38. The van der Waals surface area contributed by atoms with Crippen LogP contribution < -0.4 is 15.1 Å². The van der Waals surface area contributed by atoms with E-state index in [-0.39, 0.29) is 60.3 Å². The molecule has 0 bridgehead atoms. The summed E-state index contributed by atoms with van der Waals surface area (Å²) in [4.78, 5) is 42.4. The van der Waals surface area contributed by atoms with Gasteiger partial charge in [-0.25, -0.2) is 0 Å². The molecule has 0 aliphatic carbocycles. The van der Waals surface area contributed by atoms with Gasteiger partial charge in [0.2, 0.25) is 29.5 Å². The Bertz CT molecular complexity index is 2440. The highest BCUT2D eigenvalue weighted by atomic mass is 35.5. The summed E-state index contributed by atoms with van der Waals surface area (Å²) in [6, 6.07) is 31.7. The number of hydrogen-bond acceptors (Lipinski definition) is 10. The predicted octanol–water partition coefficient (Wildman–Crippen LogP) is 7.70. The number of amides is 3. The molecule has 2 saturated heterocycles. The van der Waals surface area contributed by atoms with E-state index in [1.54, 1.807) is 63.2 Å². The SMILES string of the molecule is CC(=O)N1CC(C(=O)N(Cc2ccc(-c3nnc(C(F)(F)F)o3)cc2)c2ccccc2)C1.Cl.O=C(C1CNC1)N(Cc1ccc(-c2nnc(C(F)(F)F)o2)cc1)c1ccccc1. The van der Waals surface area contributed by atoms with Gasteiger partial charge in [-0.3, -0.25) is 14.4 Å². The van der Waals surface area contributed by atoms with Crippen molar-refractivity contribution in [3.05, 3.63) is 132 Å². The van der Waals surface area contributed by atoms with Crippen LogP contribution in [0.5, 0.6) is 0 Å². The number of para-hydroxylation sites is 2. The monoisotopic (exact) mass is 882 g/mol. The zero-order valence-electron chi connectivity index (χ0n) is 32.6. The molecule has 324 valence electrons. The van der Waals surface area contributed by atoms with Crippen LogP contribution in [-0.4, -0.2) is 69.2 Å². The number of carbonyl (C=O) groups excluding carboxylic acids is 3. The number of aromatic nitrogens is 4. The van der Waals surface area contributed by atoms with Gasteiger partial charge in [-0.1, -0.05) is 60.7 Å². The lowest BCUT2D eigenvalue weighted by Crippen LogP contribution is -2.55. The van der Waals surface area contributed by atoms with Crippen molar-refractivity contribution in [3.63, 3.8) is 0 Å². The molecule has 0 radical (unpaired) electrons. The molecule has 6 aromatic rings. The first-order chi connectivity index (χ1) is 29.1. The number of likely N-dealkylation sites (tertiary alicyclic amines) is 1. The van der Waals surface area contributed by atoms with Gasteiger partial charge < -0.3 is 28.9 Å². The molecule has 1 N–H and O–H groups in total. The van der Waals surface area contributed by atoms with Crippen LogP contribution in [0, 0.1) is 11.8 Å². The lowest BCUT2D eigenvalue weighted by Gasteiger charge is -2.40. The third-order valence-electron chi connectivity index (χ3n) is 9.89. The van der Waals surface area contributed by atoms with Gasteiger partial charge in [0.05, 0.1) is 24.9 Å². The Labute approximate surface area is 356 Å². The van der Waals surface area contributed by atoms with Crippen molar-refractivity contribution in [1.82, 2.24) is 30.6 Å². The minimum atomic E-state index is -4.71. The number of nitrogens with one attached hydrogen (secondary N) is 1. The Morgan fingerprint density at radius 2 is 1.00 bits per heavy atom. The van der Waals surface area contributed by atoms with Crippen LogP contribution in [0.25, 0.3) is 22.9 Å². The van der Waals surface area contributed by atoms with E-state index in [1.807, 2.05) is 60.7 Å². The number of halogens is 7. The zero-order valence-corrected chi connectivity index (χ0v) is 33.5. The lowest BCUT2D eigenvalue weighted by atomic mass is 9.97. The maximum atomic E-state index is 13.1. The number of nitrogens with zero attached hydrogens (tertiary/aromatic N) is 7. The minimum Gasteiger partial charge on any atom is -0.413 e. The number of carbonyl (C=O) groups is 3. The maximum absolute atomic E-state index is 13.1. The summed E-state index contributed by atoms with van der Waals surface area (Å²) < 4.78 is 85.3. The van der Waals surface area contributed by atoms with Crippen LogP contribution in [0.4, 0.5) is 37.7 Å². The van der Waals surface area contributed by atoms with Gasteiger partial charge in [0.15, 0.2) is 0 Å². The van der Waals surface area contributed by atoms with Crippen LogP contribution in [0.15, 0.2) is 118 Å². The van der Waals surface area contributed by atoms with Gasteiger partial charge in [0.25, 0.3) is 0 Å². The highest BCUT2D eigenvalue weighted by molar-refractivity contribution is 5.97. The maximum Gasteiger partial charge on any atom is 0.470 e. The average Bonchev–Trinajstić information content (AvgIpc) is 3.91. The van der Waals surface area contributed by atoms with Gasteiger partial charge in [-0.15, -0.1) is 32.8 Å². The number of alkyl halides is 6. The van der Waals surface area contributed by atoms with E-state index in [2.05, 4.69) is 25.7 Å². The number of benzene rings is 4. The fourth-order valence-electron chi connectivity index (χ4n) is 6.38. The Balaban J connectivity index is 0.000000204. The van der Waals surface area contributed by atoms with Crippen molar-refractivity contribution in [3.8, 4) is 22.9 Å². The van der Waals surface area contributed by atoms with Gasteiger partial charge in [0.1, 0.15) is 0 Å². The topological polar surface area (TPSA) is 151 Å². The van der Waals surface area contributed by atoms with Gasteiger partial charge >= 0.3 is 24.1 Å². The Kier molecular flexibility index (Phi) is 13.8. The molecule has 0 saturated carbocycles. The van der Waals surface area contributed by atoms with Crippen molar-refractivity contribution < 1.29 is 49.6 Å². The first-order valence-electron chi connectivity index (χ1n) is 18.8. The standard InChI is InChI=1S/C22H19F3N4O3.C20H17F3N4O2.ClH/c1-14(30)28-12-17(13-28)20(31)29(18-5-3-2-4-6-18)11-15-7-9-16(10-8-15)19-26-27-21(32-19)22(23,24)25;21-20(22,23)19-26-25-17(29-19)14-8-6-13(7-9-14)12-27(16-4-2-1-3-5-16)18(28)15-10-24-11-15;/h2-10,17H,11-13H2,1H3;1-9,15,24H,10-12H2;1H. The normalized spacial score (nSPS) is 14.1. The van der Waals surface area contributed by atoms with Crippen molar-refractivity contribution in [1.29, 1.82) is 0 Å². The Morgan fingerprint density at radius 1 is 0.613 bits per heavy atom. The summed E-state index contributed by atoms with van der Waals surface area (Å²) in [6.45, 7) is 4.15. The molecule has 20 heteroatoms. The van der Waals surface area contributed by atoms with Crippen molar-refractivity contribution in [2.75, 3.05) is 36.0 Å². The highest BCUT2D eigenvalue weighted by Crippen LogP contribution is 2.32. The van der Waals surface area contributed by atoms with Gasteiger partial charge in [-0.05, 0) is 59.7 Å². The summed E-state index contributed by atoms with van der Waals surface area (Å²) in [5, 5.41) is 16.1. The predicted molar refractivity (Wildman–Crippen MR) is 214 cm³/mol. The molecule has 2 aromatic heterocycles. The molecule has 0 spiro atoms. The third kappa shape index (κ3) is 10.6. The number of anilines is 2. The van der Waals surface area contributed by atoms with Gasteiger partial charge in [-0.2, -0.15) is 26.3 Å². The molecule has 0 atom stereocenters. The first kappa shape index (κ1) is 44.9. The fraction of sp³-hybridized carbons (Fsp3) is 0.262. The van der Waals surface area contributed by atoms with Crippen molar-refractivity contribution >= 4 is 41.5 Å². The third-order valence-corrected chi connectivity index (χ3v) is 9.89. The highest BCUT2D eigenvalue weighted by Gasteiger charge is 2.40. The molecule has 4 heterocycles. The molecular weight excluding hydrogens is 846 g/mol. The van der Waals surface area contributed by atoms with Crippen LogP contribution in [0.1, 0.15) is 29.8 Å². The second-order valence-corrected chi connectivity index (χ2v) is 14.2. The summed E-state index contributed by atoms with van der Waals surface area (Å²) in [5.41, 5.74) is 3.82. The molecule has 0 unspecified atom stereocenters. The van der Waals surface area contributed by atoms with Crippen LogP contribution in [0.2, 0.25) is 0 Å². The molecule has 3 amide bonds. The molecule has 2 aliphatic heterocycles. The number of hydrogen-bond donors (Lipinski definition) is 1. The lowest BCUT2D eigenvalue weighted by molar-refractivity contribution is -0.157. The smallest absolute Gasteiger partial charge is 0.413 e. The summed E-state index contributed by atoms with van der Waals surface area (Å²) in [5.74, 6) is -3.70. The van der Waals surface area contributed by atoms with E-state index in [0.717, 1.165) is 22.5 Å². The molecule has 13 nitrogen and oxygen atoms in total. The van der Waals surface area contributed by atoms with Gasteiger partial charge in [0, 0.05) is 55.6 Å². The summed E-state index contributed by atoms with van der Waals surface area (Å²) in [7, 11) is 0. The van der Waals surface area contributed by atoms with E-state index in [4.69, 9.17) is 8.83 Å². The molecule has 8 rings (SSSR count). The van der Waals surface area contributed by atoms with Crippen molar-refractivity contribution in [2.24, 2.45) is 11.8 Å². The van der Waals surface area contributed by atoms with E-state index < -0.39 is 24.1 Å². The summed E-state index contributed by atoms with van der Waals surface area (Å²) in [6.07, 6.45) is -9.39. The molecule has 4 aromatic carbocycles. The second-order valence-electron chi connectivity index (χ2n) is 14.2. The van der Waals surface area contributed by atoms with Crippen molar-refractivity contribution in [2.45, 2.75) is 32.4 Å². The van der Waals surface area contributed by atoms with E-state index in [0.29, 0.717) is 43.9 Å². The molecule has 62 heavy (non-hydrogen) atoms.